The Bertz CT molecular complexity index is 548. The normalized spacial score (nSPS) is 18.8. The first-order chi connectivity index (χ1) is 8.86. The molecule has 0 aromatic heterocycles. The SMILES string of the molecule is NC1=NCC(c2ccccc2)N1c1ccccc1. The van der Waals surface area contributed by atoms with Gasteiger partial charge in [0.25, 0.3) is 0 Å². The summed E-state index contributed by atoms with van der Waals surface area (Å²) in [5.41, 5.74) is 8.34. The van der Waals surface area contributed by atoms with Crippen LogP contribution in [0.4, 0.5) is 5.69 Å². The lowest BCUT2D eigenvalue weighted by Gasteiger charge is -2.26. The highest BCUT2D eigenvalue weighted by atomic mass is 15.3. The van der Waals surface area contributed by atoms with Gasteiger partial charge >= 0.3 is 0 Å². The highest BCUT2D eigenvalue weighted by Gasteiger charge is 2.28. The Morgan fingerprint density at radius 3 is 2.22 bits per heavy atom. The monoisotopic (exact) mass is 237 g/mol. The van der Waals surface area contributed by atoms with E-state index in [-0.39, 0.29) is 6.04 Å². The molecule has 90 valence electrons. The first kappa shape index (κ1) is 10.8. The summed E-state index contributed by atoms with van der Waals surface area (Å²) in [5, 5.41) is 0. The van der Waals surface area contributed by atoms with Crippen molar-refractivity contribution in [2.45, 2.75) is 6.04 Å². The minimum absolute atomic E-state index is 0.202. The molecular formula is C15H15N3. The Labute approximate surface area is 107 Å². The molecule has 2 aromatic carbocycles. The van der Waals surface area contributed by atoms with Crippen LogP contribution in [0.1, 0.15) is 11.6 Å². The van der Waals surface area contributed by atoms with Gasteiger partial charge in [-0.3, -0.25) is 4.99 Å². The molecule has 2 aromatic rings. The van der Waals surface area contributed by atoms with Crippen molar-refractivity contribution >= 4 is 11.6 Å². The number of hydrogen-bond acceptors (Lipinski definition) is 3. The van der Waals surface area contributed by atoms with Crippen LogP contribution in [0.15, 0.2) is 65.7 Å². The van der Waals surface area contributed by atoms with Crippen LogP contribution in [0, 0.1) is 0 Å². The fourth-order valence-electron chi connectivity index (χ4n) is 2.33. The van der Waals surface area contributed by atoms with Crippen LogP contribution >= 0.6 is 0 Å². The number of guanidine groups is 1. The summed E-state index contributed by atoms with van der Waals surface area (Å²) in [7, 11) is 0. The van der Waals surface area contributed by atoms with E-state index in [0.29, 0.717) is 12.5 Å². The maximum absolute atomic E-state index is 6.01. The summed E-state index contributed by atoms with van der Waals surface area (Å²) in [5.74, 6) is 0.593. The van der Waals surface area contributed by atoms with Crippen molar-refractivity contribution in [3.63, 3.8) is 0 Å². The summed E-state index contributed by atoms with van der Waals surface area (Å²) in [6, 6.07) is 20.7. The van der Waals surface area contributed by atoms with Gasteiger partial charge in [0.2, 0.25) is 0 Å². The maximum Gasteiger partial charge on any atom is 0.196 e. The largest absolute Gasteiger partial charge is 0.369 e. The molecule has 0 bridgehead atoms. The zero-order valence-electron chi connectivity index (χ0n) is 10.0. The smallest absolute Gasteiger partial charge is 0.196 e. The van der Waals surface area contributed by atoms with Gasteiger partial charge in [-0.05, 0) is 17.7 Å². The van der Waals surface area contributed by atoms with Crippen molar-refractivity contribution in [2.75, 3.05) is 11.4 Å². The molecule has 0 saturated carbocycles. The number of aliphatic imine (C=N–C) groups is 1. The number of anilines is 1. The highest BCUT2D eigenvalue weighted by Crippen LogP contribution is 2.30. The molecule has 18 heavy (non-hydrogen) atoms. The van der Waals surface area contributed by atoms with Gasteiger partial charge in [0.15, 0.2) is 5.96 Å². The second-order valence-electron chi connectivity index (χ2n) is 4.33. The van der Waals surface area contributed by atoms with E-state index < -0.39 is 0 Å². The molecule has 3 rings (SSSR count). The van der Waals surface area contributed by atoms with Gasteiger partial charge in [-0.15, -0.1) is 0 Å². The van der Waals surface area contributed by atoms with Crippen LogP contribution in [0.2, 0.25) is 0 Å². The van der Waals surface area contributed by atoms with Gasteiger partial charge in [0.05, 0.1) is 12.6 Å². The van der Waals surface area contributed by atoms with Crippen molar-refractivity contribution in [2.24, 2.45) is 10.7 Å². The van der Waals surface area contributed by atoms with Crippen LogP contribution in [0.3, 0.4) is 0 Å². The van der Waals surface area contributed by atoms with Crippen LogP contribution in [-0.2, 0) is 0 Å². The summed E-state index contributed by atoms with van der Waals surface area (Å²) in [4.78, 5) is 6.46. The molecule has 2 N–H and O–H groups in total. The van der Waals surface area contributed by atoms with E-state index >= 15 is 0 Å². The Morgan fingerprint density at radius 1 is 0.944 bits per heavy atom. The van der Waals surface area contributed by atoms with E-state index in [1.165, 1.54) is 5.56 Å². The van der Waals surface area contributed by atoms with Gasteiger partial charge in [0.1, 0.15) is 0 Å². The molecule has 0 amide bonds. The van der Waals surface area contributed by atoms with Gasteiger partial charge in [0, 0.05) is 5.69 Å². The van der Waals surface area contributed by atoms with Crippen LogP contribution < -0.4 is 10.6 Å². The Morgan fingerprint density at radius 2 is 1.56 bits per heavy atom. The molecule has 3 heteroatoms. The Balaban J connectivity index is 1.98. The van der Waals surface area contributed by atoms with E-state index in [1.807, 2.05) is 36.4 Å². The van der Waals surface area contributed by atoms with Crippen LogP contribution in [0.5, 0.6) is 0 Å². The molecule has 1 unspecified atom stereocenters. The Hall–Kier alpha value is -2.29. The van der Waals surface area contributed by atoms with Crippen molar-refractivity contribution in [3.8, 4) is 0 Å². The van der Waals surface area contributed by atoms with Crippen LogP contribution in [-0.4, -0.2) is 12.5 Å². The van der Waals surface area contributed by atoms with Gasteiger partial charge in [-0.1, -0.05) is 48.5 Å². The molecule has 1 aliphatic heterocycles. The lowest BCUT2D eigenvalue weighted by molar-refractivity contribution is 0.769. The topological polar surface area (TPSA) is 41.6 Å². The Kier molecular flexibility index (Phi) is 2.73. The highest BCUT2D eigenvalue weighted by molar-refractivity contribution is 5.97. The second kappa shape index (κ2) is 4.53. The number of para-hydroxylation sites is 1. The number of hydrogen-bond donors (Lipinski definition) is 1. The number of nitrogens with zero attached hydrogens (tertiary/aromatic N) is 2. The lowest BCUT2D eigenvalue weighted by atomic mass is 10.1. The van der Waals surface area contributed by atoms with Crippen molar-refractivity contribution in [1.29, 1.82) is 0 Å². The van der Waals surface area contributed by atoms with Gasteiger partial charge in [-0.25, -0.2) is 0 Å². The molecule has 0 aliphatic carbocycles. The van der Waals surface area contributed by atoms with Crippen molar-refractivity contribution in [3.05, 3.63) is 66.2 Å². The summed E-state index contributed by atoms with van der Waals surface area (Å²) >= 11 is 0. The number of rotatable bonds is 2. The predicted molar refractivity (Wildman–Crippen MR) is 74.6 cm³/mol. The maximum atomic E-state index is 6.01. The summed E-state index contributed by atoms with van der Waals surface area (Å²) in [6.45, 7) is 0.713. The van der Waals surface area contributed by atoms with Gasteiger partial charge in [-0.2, -0.15) is 0 Å². The minimum atomic E-state index is 0.202. The number of nitrogens with two attached hydrogens (primary N) is 1. The molecular weight excluding hydrogens is 222 g/mol. The van der Waals surface area contributed by atoms with Gasteiger partial charge < -0.3 is 10.6 Å². The molecule has 0 spiro atoms. The molecule has 0 fully saturated rings. The summed E-state index contributed by atoms with van der Waals surface area (Å²) < 4.78 is 0. The lowest BCUT2D eigenvalue weighted by Crippen LogP contribution is -2.36. The van der Waals surface area contributed by atoms with E-state index in [1.54, 1.807) is 0 Å². The average Bonchev–Trinajstić information content (AvgIpc) is 2.83. The predicted octanol–water partition coefficient (Wildman–Crippen LogP) is 2.56. The third-order valence-electron chi connectivity index (χ3n) is 3.20. The van der Waals surface area contributed by atoms with Crippen LogP contribution in [0.25, 0.3) is 0 Å². The quantitative estimate of drug-likeness (QED) is 0.872. The molecule has 1 atom stereocenters. The fraction of sp³-hybridized carbons (Fsp3) is 0.133. The molecule has 1 aliphatic rings. The first-order valence-electron chi connectivity index (χ1n) is 6.05. The third kappa shape index (κ3) is 1.84. The third-order valence-corrected chi connectivity index (χ3v) is 3.20. The summed E-state index contributed by atoms with van der Waals surface area (Å²) in [6.07, 6.45) is 0. The fourth-order valence-corrected chi connectivity index (χ4v) is 2.33. The van der Waals surface area contributed by atoms with Crippen molar-refractivity contribution < 1.29 is 0 Å². The second-order valence-corrected chi connectivity index (χ2v) is 4.33. The van der Waals surface area contributed by atoms with E-state index in [9.17, 15) is 0 Å². The zero-order chi connectivity index (χ0) is 12.4. The zero-order valence-corrected chi connectivity index (χ0v) is 10.0. The van der Waals surface area contributed by atoms with E-state index in [2.05, 4.69) is 34.2 Å². The molecule has 0 radical (unpaired) electrons. The molecule has 0 saturated heterocycles. The minimum Gasteiger partial charge on any atom is -0.369 e. The van der Waals surface area contributed by atoms with Crippen molar-refractivity contribution in [1.82, 2.24) is 0 Å². The standard InChI is InChI=1S/C15H15N3/c16-15-17-11-14(12-7-3-1-4-8-12)18(15)13-9-5-2-6-10-13/h1-10,14H,11H2,(H2,16,17). The molecule has 3 nitrogen and oxygen atoms in total. The molecule has 1 heterocycles. The van der Waals surface area contributed by atoms with E-state index in [0.717, 1.165) is 5.69 Å². The first-order valence-corrected chi connectivity index (χ1v) is 6.05. The van der Waals surface area contributed by atoms with E-state index in [4.69, 9.17) is 5.73 Å². The number of benzene rings is 2. The average molecular weight is 237 g/mol.